The zero-order valence-corrected chi connectivity index (χ0v) is 12.3. The van der Waals surface area contributed by atoms with Crippen LogP contribution in [0.2, 0.25) is 0 Å². The topological polar surface area (TPSA) is 79.3 Å². The predicted molar refractivity (Wildman–Crippen MR) is 76.6 cm³/mol. The lowest BCUT2D eigenvalue weighted by molar-refractivity contribution is -0.132. The molecule has 7 nitrogen and oxygen atoms in total. The van der Waals surface area contributed by atoms with Crippen molar-refractivity contribution in [3.8, 4) is 0 Å². The van der Waals surface area contributed by atoms with Crippen LogP contribution in [0.4, 0.5) is 4.79 Å². The number of nitrogens with one attached hydrogen (secondary N) is 2. The maximum Gasteiger partial charge on any atom is 0.325 e. The van der Waals surface area contributed by atoms with E-state index in [1.165, 1.54) is 4.90 Å². The van der Waals surface area contributed by atoms with Gasteiger partial charge in [-0.2, -0.15) is 5.10 Å². The molecule has 3 heterocycles. The van der Waals surface area contributed by atoms with Gasteiger partial charge >= 0.3 is 6.03 Å². The molecule has 2 aliphatic heterocycles. The number of carbonyl (C=O) groups is 2. The van der Waals surface area contributed by atoms with Crippen LogP contribution in [0.25, 0.3) is 0 Å². The number of hydrogen-bond acceptors (Lipinski definition) is 4. The molecule has 2 fully saturated rings. The van der Waals surface area contributed by atoms with Crippen LogP contribution in [-0.2, 0) is 18.3 Å². The van der Waals surface area contributed by atoms with Gasteiger partial charge in [0.05, 0.1) is 6.20 Å². The van der Waals surface area contributed by atoms with Crippen molar-refractivity contribution in [2.45, 2.75) is 31.2 Å². The summed E-state index contributed by atoms with van der Waals surface area (Å²) in [6, 6.07) is -0.243. The SMILES string of the molecule is Cn1cc(CCCN2C(=O)NC3(CCNCC3)C2=O)cn1. The Morgan fingerprint density at radius 3 is 2.76 bits per heavy atom. The Morgan fingerprint density at radius 2 is 2.10 bits per heavy atom. The van der Waals surface area contributed by atoms with Crippen molar-refractivity contribution >= 4 is 11.9 Å². The average molecular weight is 291 g/mol. The van der Waals surface area contributed by atoms with E-state index in [4.69, 9.17) is 0 Å². The van der Waals surface area contributed by atoms with Crippen LogP contribution in [0.5, 0.6) is 0 Å². The van der Waals surface area contributed by atoms with Crippen LogP contribution in [-0.4, -0.2) is 51.8 Å². The molecule has 2 aliphatic rings. The fraction of sp³-hybridized carbons (Fsp3) is 0.643. The molecule has 0 aliphatic carbocycles. The standard InChI is InChI=1S/C14H21N5O2/c1-18-10-11(9-16-18)3-2-8-19-12(20)14(17-13(19)21)4-6-15-7-5-14/h9-10,15H,2-8H2,1H3,(H,17,21). The van der Waals surface area contributed by atoms with Gasteiger partial charge in [-0.05, 0) is 44.3 Å². The van der Waals surface area contributed by atoms with Gasteiger partial charge in [0, 0.05) is 19.8 Å². The first-order valence-corrected chi connectivity index (χ1v) is 7.43. The number of aromatic nitrogens is 2. The Labute approximate surface area is 123 Å². The number of imide groups is 1. The molecule has 1 aromatic rings. The monoisotopic (exact) mass is 291 g/mol. The van der Waals surface area contributed by atoms with E-state index in [1.54, 1.807) is 4.68 Å². The molecular weight excluding hydrogens is 270 g/mol. The Balaban J connectivity index is 1.58. The molecule has 3 amide bonds. The van der Waals surface area contributed by atoms with Crippen molar-refractivity contribution in [1.29, 1.82) is 0 Å². The first-order valence-electron chi connectivity index (χ1n) is 7.43. The van der Waals surface area contributed by atoms with Crippen molar-refractivity contribution < 1.29 is 9.59 Å². The van der Waals surface area contributed by atoms with Crippen molar-refractivity contribution in [1.82, 2.24) is 25.3 Å². The molecule has 21 heavy (non-hydrogen) atoms. The largest absolute Gasteiger partial charge is 0.325 e. The van der Waals surface area contributed by atoms with Crippen LogP contribution in [0, 0.1) is 0 Å². The zero-order chi connectivity index (χ0) is 14.9. The lowest BCUT2D eigenvalue weighted by Gasteiger charge is -2.31. The summed E-state index contributed by atoms with van der Waals surface area (Å²) >= 11 is 0. The average Bonchev–Trinajstić information content (AvgIpc) is 2.97. The molecule has 1 spiro atoms. The van der Waals surface area contributed by atoms with E-state index in [-0.39, 0.29) is 11.9 Å². The molecule has 7 heteroatoms. The molecule has 0 bridgehead atoms. The number of rotatable bonds is 4. The van der Waals surface area contributed by atoms with E-state index in [0.717, 1.165) is 31.5 Å². The van der Waals surface area contributed by atoms with E-state index in [2.05, 4.69) is 15.7 Å². The molecule has 2 saturated heterocycles. The van der Waals surface area contributed by atoms with Gasteiger partial charge < -0.3 is 10.6 Å². The van der Waals surface area contributed by atoms with Gasteiger partial charge in [0.15, 0.2) is 0 Å². The third-order valence-corrected chi connectivity index (χ3v) is 4.31. The fourth-order valence-corrected chi connectivity index (χ4v) is 3.11. The summed E-state index contributed by atoms with van der Waals surface area (Å²) in [6.07, 6.45) is 6.71. The zero-order valence-electron chi connectivity index (χ0n) is 12.3. The minimum Gasteiger partial charge on any atom is -0.323 e. The normalized spacial score (nSPS) is 21.1. The van der Waals surface area contributed by atoms with Crippen molar-refractivity contribution in [2.75, 3.05) is 19.6 Å². The van der Waals surface area contributed by atoms with E-state index in [1.807, 2.05) is 19.4 Å². The second kappa shape index (κ2) is 5.48. The fourth-order valence-electron chi connectivity index (χ4n) is 3.11. The van der Waals surface area contributed by atoms with Crippen molar-refractivity contribution in [2.24, 2.45) is 7.05 Å². The molecule has 114 valence electrons. The van der Waals surface area contributed by atoms with Gasteiger partial charge in [-0.1, -0.05) is 0 Å². The summed E-state index contributed by atoms with van der Waals surface area (Å²) in [5.74, 6) is -0.0554. The maximum atomic E-state index is 12.5. The van der Waals surface area contributed by atoms with Crippen LogP contribution in [0.1, 0.15) is 24.8 Å². The lowest BCUT2D eigenvalue weighted by Crippen LogP contribution is -2.53. The molecule has 3 rings (SSSR count). The number of urea groups is 1. The van der Waals surface area contributed by atoms with E-state index in [0.29, 0.717) is 19.4 Å². The third kappa shape index (κ3) is 2.65. The van der Waals surface area contributed by atoms with Gasteiger partial charge in [0.2, 0.25) is 0 Å². The van der Waals surface area contributed by atoms with Crippen LogP contribution in [0.3, 0.4) is 0 Å². The van der Waals surface area contributed by atoms with Crippen molar-refractivity contribution in [3.05, 3.63) is 18.0 Å². The predicted octanol–water partition coefficient (Wildman–Crippen LogP) is 0.0267. The summed E-state index contributed by atoms with van der Waals surface area (Å²) in [5, 5.41) is 10.2. The summed E-state index contributed by atoms with van der Waals surface area (Å²) < 4.78 is 1.76. The summed E-state index contributed by atoms with van der Waals surface area (Å²) in [7, 11) is 1.88. The van der Waals surface area contributed by atoms with Gasteiger partial charge in [-0.15, -0.1) is 0 Å². The molecule has 0 atom stereocenters. The number of amides is 3. The van der Waals surface area contributed by atoms with Gasteiger partial charge in [0.1, 0.15) is 5.54 Å². The van der Waals surface area contributed by atoms with E-state index < -0.39 is 5.54 Å². The number of aryl methyl sites for hydroxylation is 2. The highest BCUT2D eigenvalue weighted by molar-refractivity contribution is 6.07. The Hall–Kier alpha value is -1.89. The molecule has 0 radical (unpaired) electrons. The molecule has 1 aromatic heterocycles. The molecular formula is C14H21N5O2. The molecule has 0 unspecified atom stereocenters. The highest BCUT2D eigenvalue weighted by Crippen LogP contribution is 2.27. The van der Waals surface area contributed by atoms with Crippen LogP contribution >= 0.6 is 0 Å². The Morgan fingerprint density at radius 1 is 1.33 bits per heavy atom. The number of carbonyl (C=O) groups excluding carboxylic acids is 2. The first kappa shape index (κ1) is 14.1. The second-order valence-electron chi connectivity index (χ2n) is 5.84. The Bertz CT molecular complexity index is 547. The highest BCUT2D eigenvalue weighted by Gasteiger charge is 2.50. The molecule has 0 aromatic carbocycles. The minimum atomic E-state index is -0.656. The smallest absolute Gasteiger partial charge is 0.323 e. The van der Waals surface area contributed by atoms with E-state index >= 15 is 0 Å². The highest BCUT2D eigenvalue weighted by atomic mass is 16.2. The molecule has 0 saturated carbocycles. The quantitative estimate of drug-likeness (QED) is 0.767. The summed E-state index contributed by atoms with van der Waals surface area (Å²) in [6.45, 7) is 2.01. The number of nitrogens with zero attached hydrogens (tertiary/aromatic N) is 3. The second-order valence-corrected chi connectivity index (χ2v) is 5.84. The Kier molecular flexibility index (Phi) is 3.67. The molecule has 2 N–H and O–H groups in total. The third-order valence-electron chi connectivity index (χ3n) is 4.31. The van der Waals surface area contributed by atoms with Gasteiger partial charge in [-0.25, -0.2) is 4.79 Å². The first-order chi connectivity index (χ1) is 10.1. The summed E-state index contributed by atoms with van der Waals surface area (Å²) in [5.41, 5.74) is 0.470. The van der Waals surface area contributed by atoms with Gasteiger partial charge in [0.25, 0.3) is 5.91 Å². The number of hydrogen-bond donors (Lipinski definition) is 2. The van der Waals surface area contributed by atoms with Gasteiger partial charge in [-0.3, -0.25) is 14.4 Å². The minimum absolute atomic E-state index is 0.0554. The van der Waals surface area contributed by atoms with Crippen LogP contribution in [0.15, 0.2) is 12.4 Å². The maximum absolute atomic E-state index is 12.5. The lowest BCUT2D eigenvalue weighted by atomic mass is 9.88. The summed E-state index contributed by atoms with van der Waals surface area (Å²) in [4.78, 5) is 26.0. The number of piperidine rings is 1. The van der Waals surface area contributed by atoms with Crippen molar-refractivity contribution in [3.63, 3.8) is 0 Å². The van der Waals surface area contributed by atoms with E-state index in [9.17, 15) is 9.59 Å². The van der Waals surface area contributed by atoms with Crippen LogP contribution < -0.4 is 10.6 Å².